The van der Waals surface area contributed by atoms with Gasteiger partial charge in [-0.1, -0.05) is 6.92 Å². The molecular weight excluding hydrogens is 290 g/mol. The summed E-state index contributed by atoms with van der Waals surface area (Å²) in [6.07, 6.45) is 1.37. The molecule has 0 aliphatic carbocycles. The fourth-order valence-corrected chi connectivity index (χ4v) is 3.86. The van der Waals surface area contributed by atoms with Crippen molar-refractivity contribution in [1.29, 1.82) is 0 Å². The predicted octanol–water partition coefficient (Wildman–Crippen LogP) is 2.63. The molecule has 0 saturated carbocycles. The van der Waals surface area contributed by atoms with E-state index in [1.54, 1.807) is 6.92 Å². The maximum atomic E-state index is 11.2. The highest BCUT2D eigenvalue weighted by Gasteiger charge is 2.29. The molecule has 1 saturated heterocycles. The van der Waals surface area contributed by atoms with E-state index >= 15 is 0 Å². The first kappa shape index (κ1) is 16.2. The number of rotatable bonds is 5. The van der Waals surface area contributed by atoms with E-state index in [0.717, 1.165) is 32.5 Å². The lowest BCUT2D eigenvalue weighted by Crippen LogP contribution is -2.43. The molecule has 0 spiro atoms. The normalized spacial score (nSPS) is 18.7. The van der Waals surface area contributed by atoms with Gasteiger partial charge < -0.3 is 14.9 Å². The minimum Gasteiger partial charge on any atom is -0.388 e. The molecule has 1 aromatic rings. The molecule has 118 valence electrons. The summed E-state index contributed by atoms with van der Waals surface area (Å²) >= 11 is 1.32. The van der Waals surface area contributed by atoms with Crippen LogP contribution in [0, 0.1) is 10.1 Å². The summed E-state index contributed by atoms with van der Waals surface area (Å²) in [5, 5.41) is 21.6. The number of aliphatic hydroxyl groups is 1. The Hall–Kier alpha value is -1.18. The van der Waals surface area contributed by atoms with Crippen molar-refractivity contribution in [3.8, 4) is 0 Å². The van der Waals surface area contributed by atoms with Crippen molar-refractivity contribution < 1.29 is 10.0 Å². The van der Waals surface area contributed by atoms with Crippen molar-refractivity contribution in [1.82, 2.24) is 4.90 Å². The highest BCUT2D eigenvalue weighted by Crippen LogP contribution is 2.41. The summed E-state index contributed by atoms with van der Waals surface area (Å²) in [6, 6.07) is 1.83. The van der Waals surface area contributed by atoms with Crippen LogP contribution < -0.4 is 4.90 Å². The van der Waals surface area contributed by atoms with Gasteiger partial charge in [-0.3, -0.25) is 10.1 Å². The van der Waals surface area contributed by atoms with Crippen molar-refractivity contribution in [3.63, 3.8) is 0 Å². The van der Waals surface area contributed by atoms with E-state index in [4.69, 9.17) is 0 Å². The number of anilines is 1. The minimum atomic E-state index is -0.669. The molecule has 0 amide bonds. The van der Waals surface area contributed by atoms with Gasteiger partial charge in [0.05, 0.1) is 11.0 Å². The van der Waals surface area contributed by atoms with Crippen molar-refractivity contribution in [2.75, 3.05) is 31.6 Å². The number of hydrogen-bond acceptors (Lipinski definition) is 6. The minimum absolute atomic E-state index is 0.108. The maximum absolute atomic E-state index is 11.2. The van der Waals surface area contributed by atoms with Crippen LogP contribution in [0.5, 0.6) is 0 Å². The van der Waals surface area contributed by atoms with E-state index in [-0.39, 0.29) is 10.6 Å². The molecule has 1 fully saturated rings. The van der Waals surface area contributed by atoms with Crippen LogP contribution in [0.2, 0.25) is 0 Å². The molecule has 1 aromatic heterocycles. The van der Waals surface area contributed by atoms with Crippen LogP contribution in [-0.4, -0.2) is 47.7 Å². The third-order valence-electron chi connectivity index (χ3n) is 4.19. The monoisotopic (exact) mass is 313 g/mol. The van der Waals surface area contributed by atoms with E-state index in [0.29, 0.717) is 15.9 Å². The first-order chi connectivity index (χ1) is 9.93. The lowest BCUT2D eigenvalue weighted by Gasteiger charge is -2.36. The lowest BCUT2D eigenvalue weighted by molar-refractivity contribution is -0.383. The Bertz CT molecular complexity index is 496. The van der Waals surface area contributed by atoms with E-state index in [1.165, 1.54) is 17.4 Å². The second-order valence-corrected chi connectivity index (χ2v) is 6.61. The van der Waals surface area contributed by atoms with Gasteiger partial charge in [0.15, 0.2) is 5.00 Å². The largest absolute Gasteiger partial charge is 0.388 e. The van der Waals surface area contributed by atoms with Gasteiger partial charge in [0.1, 0.15) is 0 Å². The topological polar surface area (TPSA) is 69.8 Å². The molecule has 1 N–H and O–H groups in total. The van der Waals surface area contributed by atoms with Crippen LogP contribution in [0.4, 0.5) is 10.7 Å². The molecule has 0 radical (unpaired) electrons. The van der Waals surface area contributed by atoms with Gasteiger partial charge in [-0.2, -0.15) is 0 Å². The fraction of sp³-hybridized carbons (Fsp3) is 0.714. The van der Waals surface area contributed by atoms with Crippen molar-refractivity contribution in [2.45, 2.75) is 38.8 Å². The zero-order valence-corrected chi connectivity index (χ0v) is 13.6. The molecular formula is C14H23N3O3S. The Morgan fingerprint density at radius 1 is 1.57 bits per heavy atom. The maximum Gasteiger partial charge on any atom is 0.304 e. The van der Waals surface area contributed by atoms with E-state index in [2.05, 4.69) is 11.8 Å². The van der Waals surface area contributed by atoms with Gasteiger partial charge in [0, 0.05) is 37.1 Å². The Morgan fingerprint density at radius 2 is 2.19 bits per heavy atom. The number of nitrogens with zero attached hydrogens (tertiary/aromatic N) is 3. The molecule has 0 bridgehead atoms. The first-order valence-corrected chi connectivity index (χ1v) is 8.17. The molecule has 7 heteroatoms. The summed E-state index contributed by atoms with van der Waals surface area (Å²) in [6.45, 7) is 6.92. The number of piperidine rings is 1. The Balaban J connectivity index is 2.18. The standard InChI is InChI=1S/C14H23N3O3S/c1-4-16-7-5-11(6-8-16)15(3)14-12(17(19)20)9-13(21-14)10(2)18/h9-11,18H,4-8H2,1-3H3/t10-/m1/s1. The van der Waals surface area contributed by atoms with E-state index in [9.17, 15) is 15.2 Å². The smallest absolute Gasteiger partial charge is 0.304 e. The Kier molecular flexibility index (Phi) is 5.18. The Labute approximate surface area is 129 Å². The molecule has 1 aliphatic heterocycles. The first-order valence-electron chi connectivity index (χ1n) is 7.35. The number of nitro groups is 1. The third kappa shape index (κ3) is 3.53. The average molecular weight is 313 g/mol. The predicted molar refractivity (Wildman–Crippen MR) is 85.1 cm³/mol. The lowest BCUT2D eigenvalue weighted by atomic mass is 10.0. The van der Waals surface area contributed by atoms with Crippen LogP contribution in [0.25, 0.3) is 0 Å². The van der Waals surface area contributed by atoms with Crippen LogP contribution >= 0.6 is 11.3 Å². The highest BCUT2D eigenvalue weighted by atomic mass is 32.1. The molecule has 2 heterocycles. The van der Waals surface area contributed by atoms with Gasteiger partial charge in [-0.15, -0.1) is 11.3 Å². The number of thiophene rings is 1. The summed E-state index contributed by atoms with van der Waals surface area (Å²) in [4.78, 5) is 16.0. The molecule has 0 aromatic carbocycles. The summed E-state index contributed by atoms with van der Waals surface area (Å²) in [5.74, 6) is 0. The van der Waals surface area contributed by atoms with Crippen molar-refractivity contribution in [2.24, 2.45) is 0 Å². The molecule has 6 nitrogen and oxygen atoms in total. The fourth-order valence-electron chi connectivity index (χ4n) is 2.77. The van der Waals surface area contributed by atoms with Gasteiger partial charge >= 0.3 is 5.69 Å². The SMILES string of the molecule is CCN1CCC(N(C)c2sc([C@@H](C)O)cc2[N+](=O)[O-])CC1. The number of likely N-dealkylation sites (tertiary alicyclic amines) is 1. The van der Waals surface area contributed by atoms with Gasteiger partial charge in [-0.05, 0) is 26.3 Å². The number of hydrogen-bond donors (Lipinski definition) is 1. The van der Waals surface area contributed by atoms with Gasteiger partial charge in [0.25, 0.3) is 0 Å². The molecule has 1 atom stereocenters. The van der Waals surface area contributed by atoms with Crippen LogP contribution in [0.1, 0.15) is 37.7 Å². The van der Waals surface area contributed by atoms with Gasteiger partial charge in [0.2, 0.25) is 0 Å². The molecule has 1 aliphatic rings. The Morgan fingerprint density at radius 3 is 2.67 bits per heavy atom. The second-order valence-electron chi connectivity index (χ2n) is 5.55. The zero-order chi connectivity index (χ0) is 15.6. The summed E-state index contributed by atoms with van der Waals surface area (Å²) in [5.41, 5.74) is 0.108. The zero-order valence-electron chi connectivity index (χ0n) is 12.8. The number of aliphatic hydroxyl groups excluding tert-OH is 1. The average Bonchev–Trinajstić information content (AvgIpc) is 2.92. The molecule has 2 rings (SSSR count). The second kappa shape index (κ2) is 6.72. The summed E-state index contributed by atoms with van der Waals surface area (Å²) in [7, 11) is 1.93. The quantitative estimate of drug-likeness (QED) is 0.668. The van der Waals surface area contributed by atoms with Crippen molar-refractivity contribution >= 4 is 22.0 Å². The van der Waals surface area contributed by atoms with Crippen LogP contribution in [0.15, 0.2) is 6.07 Å². The third-order valence-corrected chi connectivity index (χ3v) is 5.58. The van der Waals surface area contributed by atoms with Crippen LogP contribution in [0.3, 0.4) is 0 Å². The highest BCUT2D eigenvalue weighted by molar-refractivity contribution is 7.16. The van der Waals surface area contributed by atoms with Gasteiger partial charge in [-0.25, -0.2) is 0 Å². The van der Waals surface area contributed by atoms with Crippen LogP contribution in [-0.2, 0) is 0 Å². The molecule has 21 heavy (non-hydrogen) atoms. The van der Waals surface area contributed by atoms with E-state index in [1.807, 2.05) is 11.9 Å². The van der Waals surface area contributed by atoms with Crippen molar-refractivity contribution in [3.05, 3.63) is 21.1 Å². The summed E-state index contributed by atoms with van der Waals surface area (Å²) < 4.78 is 0. The molecule has 0 unspecified atom stereocenters. The van der Waals surface area contributed by atoms with E-state index < -0.39 is 6.10 Å².